The fourth-order valence-electron chi connectivity index (χ4n) is 9.20. The molecule has 1 heterocycles. The average molecular weight is 746 g/mol. The maximum Gasteiger partial charge on any atom is 0.0554 e. The third-order valence-electron chi connectivity index (χ3n) is 12.1. The van der Waals surface area contributed by atoms with Gasteiger partial charge in [-0.2, -0.15) is 0 Å². The topological polar surface area (TPSA) is 3.24 Å². The van der Waals surface area contributed by atoms with Gasteiger partial charge in [-0.1, -0.05) is 159 Å². The zero-order chi connectivity index (χ0) is 38.1. The van der Waals surface area contributed by atoms with Gasteiger partial charge in [0.2, 0.25) is 0 Å². The molecule has 0 saturated heterocycles. The molecular formula is C55H39NS. The van der Waals surface area contributed by atoms with E-state index in [0.717, 1.165) is 11.4 Å². The average Bonchev–Trinajstić information content (AvgIpc) is 3.76. The summed E-state index contributed by atoms with van der Waals surface area (Å²) in [6, 6.07) is 73.8. The molecule has 0 amide bonds. The zero-order valence-corrected chi connectivity index (χ0v) is 32.7. The standard InChI is InChI=1S/C55H39NS/c1-55(2)49-20-7-5-17-46(49)47-33-28-40(35-50(47)55)37-26-31-43(32-27-37)56(51-21-11-23-53-54(51)48-18-6-8-22-52(48)57-53)42-29-24-36(25-30-42)39-14-9-15-41(34-39)45-19-10-13-38-12-3-4-16-44(38)45/h3-35H,1-2H3. The predicted molar refractivity (Wildman–Crippen MR) is 245 cm³/mol. The molecule has 0 fully saturated rings. The highest BCUT2D eigenvalue weighted by Crippen LogP contribution is 2.50. The van der Waals surface area contributed by atoms with Crippen LogP contribution in [0.3, 0.4) is 0 Å². The SMILES string of the molecule is CC1(C)c2ccccc2-c2ccc(-c3ccc(N(c4ccc(-c5cccc(-c6cccc7ccccc67)c5)cc4)c4cccc5sc6ccccc6c45)cc3)cc21. The molecule has 10 aromatic rings. The van der Waals surface area contributed by atoms with Crippen LogP contribution in [0.25, 0.3) is 75.5 Å². The summed E-state index contributed by atoms with van der Waals surface area (Å²) in [7, 11) is 0. The van der Waals surface area contributed by atoms with E-state index in [2.05, 4.69) is 219 Å². The molecule has 1 aliphatic carbocycles. The Kier molecular flexibility index (Phi) is 7.77. The van der Waals surface area contributed by atoms with E-state index in [1.807, 2.05) is 11.3 Å². The first kappa shape index (κ1) is 33.6. The van der Waals surface area contributed by atoms with Crippen LogP contribution in [0.5, 0.6) is 0 Å². The second-order valence-corrected chi connectivity index (χ2v) is 16.8. The fraction of sp³-hybridized carbons (Fsp3) is 0.0545. The minimum atomic E-state index is -0.0376. The summed E-state index contributed by atoms with van der Waals surface area (Å²) < 4.78 is 2.59. The number of hydrogen-bond donors (Lipinski definition) is 0. The molecule has 0 aliphatic heterocycles. The Morgan fingerprint density at radius 2 is 0.947 bits per heavy atom. The molecule has 11 rings (SSSR count). The number of hydrogen-bond acceptors (Lipinski definition) is 2. The molecule has 9 aromatic carbocycles. The molecule has 0 bridgehead atoms. The summed E-state index contributed by atoms with van der Waals surface area (Å²) in [5.74, 6) is 0. The molecule has 0 unspecified atom stereocenters. The molecule has 2 heteroatoms. The molecule has 0 atom stereocenters. The van der Waals surface area contributed by atoms with Crippen molar-refractivity contribution in [3.8, 4) is 44.5 Å². The first-order chi connectivity index (χ1) is 28.0. The van der Waals surface area contributed by atoms with Gasteiger partial charge >= 0.3 is 0 Å². The molecule has 1 aromatic heterocycles. The van der Waals surface area contributed by atoms with Gasteiger partial charge in [-0.25, -0.2) is 0 Å². The lowest BCUT2D eigenvalue weighted by Crippen LogP contribution is -2.14. The molecule has 0 N–H and O–H groups in total. The first-order valence-electron chi connectivity index (χ1n) is 19.8. The quantitative estimate of drug-likeness (QED) is 0.164. The van der Waals surface area contributed by atoms with E-state index in [4.69, 9.17) is 0 Å². The zero-order valence-electron chi connectivity index (χ0n) is 31.9. The van der Waals surface area contributed by atoms with Crippen LogP contribution in [0, 0.1) is 0 Å². The van der Waals surface area contributed by atoms with E-state index < -0.39 is 0 Å². The first-order valence-corrected chi connectivity index (χ1v) is 20.6. The second kappa shape index (κ2) is 13.2. The Morgan fingerprint density at radius 3 is 1.75 bits per heavy atom. The number of nitrogens with zero attached hydrogens (tertiary/aromatic N) is 1. The van der Waals surface area contributed by atoms with E-state index in [0.29, 0.717) is 0 Å². The summed E-state index contributed by atoms with van der Waals surface area (Å²) in [5, 5.41) is 5.11. The van der Waals surface area contributed by atoms with Gasteiger partial charge in [0.05, 0.1) is 5.69 Å². The van der Waals surface area contributed by atoms with Crippen molar-refractivity contribution in [2.45, 2.75) is 19.3 Å². The summed E-state index contributed by atoms with van der Waals surface area (Å²) >= 11 is 1.86. The summed E-state index contributed by atoms with van der Waals surface area (Å²) in [4.78, 5) is 2.43. The van der Waals surface area contributed by atoms with Gasteiger partial charge in [-0.15, -0.1) is 11.3 Å². The monoisotopic (exact) mass is 745 g/mol. The molecule has 1 nitrogen and oxygen atoms in total. The van der Waals surface area contributed by atoms with Crippen molar-refractivity contribution in [2.75, 3.05) is 4.90 Å². The van der Waals surface area contributed by atoms with E-state index >= 15 is 0 Å². The van der Waals surface area contributed by atoms with Crippen molar-refractivity contribution in [1.29, 1.82) is 0 Å². The van der Waals surface area contributed by atoms with E-state index in [9.17, 15) is 0 Å². The number of rotatable bonds is 6. The van der Waals surface area contributed by atoms with E-state index in [1.54, 1.807) is 0 Å². The third kappa shape index (κ3) is 5.51. The number of benzene rings is 9. The van der Waals surface area contributed by atoms with Gasteiger partial charge in [0.25, 0.3) is 0 Å². The molecule has 1 aliphatic rings. The van der Waals surface area contributed by atoms with Crippen molar-refractivity contribution in [3.63, 3.8) is 0 Å². The minimum Gasteiger partial charge on any atom is -0.310 e. The molecule has 0 saturated carbocycles. The van der Waals surface area contributed by atoms with E-state index in [-0.39, 0.29) is 5.41 Å². The van der Waals surface area contributed by atoms with Crippen LogP contribution in [-0.4, -0.2) is 0 Å². The Morgan fingerprint density at radius 1 is 0.386 bits per heavy atom. The molecule has 0 radical (unpaired) electrons. The highest BCUT2D eigenvalue weighted by atomic mass is 32.1. The van der Waals surface area contributed by atoms with Gasteiger partial charge in [-0.05, 0) is 121 Å². The molecule has 57 heavy (non-hydrogen) atoms. The van der Waals surface area contributed by atoms with Crippen LogP contribution < -0.4 is 4.90 Å². The number of thiophene rings is 1. The van der Waals surface area contributed by atoms with Crippen molar-refractivity contribution >= 4 is 59.3 Å². The van der Waals surface area contributed by atoms with Crippen molar-refractivity contribution in [1.82, 2.24) is 0 Å². The van der Waals surface area contributed by atoms with Gasteiger partial charge < -0.3 is 4.90 Å². The Hall–Kier alpha value is -6.74. The summed E-state index contributed by atoms with van der Waals surface area (Å²) in [6.07, 6.45) is 0. The highest BCUT2D eigenvalue weighted by Gasteiger charge is 2.35. The van der Waals surface area contributed by atoms with Crippen LogP contribution in [0.4, 0.5) is 17.1 Å². The van der Waals surface area contributed by atoms with Crippen molar-refractivity contribution in [2.24, 2.45) is 0 Å². The maximum absolute atomic E-state index is 2.43. The van der Waals surface area contributed by atoms with Gasteiger partial charge in [-0.3, -0.25) is 0 Å². The van der Waals surface area contributed by atoms with Crippen LogP contribution >= 0.6 is 11.3 Å². The van der Waals surface area contributed by atoms with Gasteiger partial charge in [0.1, 0.15) is 0 Å². The summed E-state index contributed by atoms with van der Waals surface area (Å²) in [5.41, 5.74) is 16.2. The minimum absolute atomic E-state index is 0.0376. The Balaban J connectivity index is 0.998. The van der Waals surface area contributed by atoms with Crippen LogP contribution in [0.1, 0.15) is 25.0 Å². The lowest BCUT2D eigenvalue weighted by Gasteiger charge is -2.27. The van der Waals surface area contributed by atoms with Gasteiger partial charge in [0, 0.05) is 37.0 Å². The predicted octanol–water partition coefficient (Wildman–Crippen LogP) is 16.0. The maximum atomic E-state index is 2.43. The van der Waals surface area contributed by atoms with Crippen LogP contribution in [0.2, 0.25) is 0 Å². The normalized spacial score (nSPS) is 12.9. The third-order valence-corrected chi connectivity index (χ3v) is 13.2. The van der Waals surface area contributed by atoms with Gasteiger partial charge in [0.15, 0.2) is 0 Å². The van der Waals surface area contributed by atoms with Crippen LogP contribution in [-0.2, 0) is 5.41 Å². The molecular weight excluding hydrogens is 707 g/mol. The van der Waals surface area contributed by atoms with E-state index in [1.165, 1.54) is 92.3 Å². The number of fused-ring (bicyclic) bond motifs is 7. The lowest BCUT2D eigenvalue weighted by molar-refractivity contribution is 0.660. The second-order valence-electron chi connectivity index (χ2n) is 15.7. The Labute approximate surface area is 337 Å². The summed E-state index contributed by atoms with van der Waals surface area (Å²) in [6.45, 7) is 4.70. The van der Waals surface area contributed by atoms with Crippen molar-refractivity contribution in [3.05, 3.63) is 211 Å². The smallest absolute Gasteiger partial charge is 0.0554 e. The lowest BCUT2D eigenvalue weighted by atomic mass is 9.81. The largest absolute Gasteiger partial charge is 0.310 e. The molecule has 270 valence electrons. The fourth-order valence-corrected chi connectivity index (χ4v) is 10.3. The highest BCUT2D eigenvalue weighted by molar-refractivity contribution is 7.26. The Bertz CT molecular complexity index is 3140. The van der Waals surface area contributed by atoms with Crippen molar-refractivity contribution < 1.29 is 0 Å². The number of anilines is 3. The van der Waals surface area contributed by atoms with Crippen LogP contribution in [0.15, 0.2) is 200 Å². The molecule has 0 spiro atoms.